The molecule has 0 aromatic carbocycles. The van der Waals surface area contributed by atoms with Crippen molar-refractivity contribution in [1.82, 2.24) is 15.2 Å². The Morgan fingerprint density at radius 3 is 2.69 bits per heavy atom. The van der Waals surface area contributed by atoms with Gasteiger partial charge in [-0.05, 0) is 56.1 Å². The molecule has 0 radical (unpaired) electrons. The van der Waals surface area contributed by atoms with Gasteiger partial charge >= 0.3 is 0 Å². The Kier molecular flexibility index (Phi) is 6.91. The van der Waals surface area contributed by atoms with Crippen LogP contribution in [-0.4, -0.2) is 65.0 Å². The van der Waals surface area contributed by atoms with Crippen LogP contribution in [0.5, 0.6) is 0 Å². The number of nitrogens with one attached hydrogen (secondary N) is 1. The van der Waals surface area contributed by atoms with Crippen molar-refractivity contribution in [1.29, 1.82) is 0 Å². The molecule has 2 amide bonds. The second kappa shape index (κ2) is 9.83. The molecule has 5 rings (SSSR count). The summed E-state index contributed by atoms with van der Waals surface area (Å²) in [6, 6.07) is 3.25. The Balaban J connectivity index is 0.000000775. The van der Waals surface area contributed by atoms with E-state index in [4.69, 9.17) is 9.90 Å². The highest BCUT2D eigenvalue weighted by molar-refractivity contribution is 5.80. The van der Waals surface area contributed by atoms with E-state index in [1.807, 2.05) is 0 Å². The zero-order valence-electron chi connectivity index (χ0n) is 18.2. The van der Waals surface area contributed by atoms with Crippen LogP contribution in [0.2, 0.25) is 0 Å². The molecule has 4 heterocycles. The first kappa shape index (κ1) is 22.5. The molecule has 4 atom stereocenters. The zero-order valence-corrected chi connectivity index (χ0v) is 18.2. The van der Waals surface area contributed by atoms with Gasteiger partial charge in [0.1, 0.15) is 0 Å². The van der Waals surface area contributed by atoms with Gasteiger partial charge in [-0.3, -0.25) is 14.4 Å². The maximum Gasteiger partial charge on any atom is 0.290 e. The third-order valence-corrected chi connectivity index (χ3v) is 7.50. The summed E-state index contributed by atoms with van der Waals surface area (Å²) in [4.78, 5) is 42.1. The molecule has 4 fully saturated rings. The van der Waals surface area contributed by atoms with E-state index >= 15 is 0 Å². The van der Waals surface area contributed by atoms with E-state index in [-0.39, 0.29) is 48.0 Å². The Hall–Kier alpha value is -2.71. The van der Waals surface area contributed by atoms with Crippen LogP contribution in [0.25, 0.3) is 0 Å². The lowest BCUT2D eigenvalue weighted by Gasteiger charge is -2.56. The van der Waals surface area contributed by atoms with Crippen LogP contribution >= 0.6 is 0 Å². The van der Waals surface area contributed by atoms with Gasteiger partial charge in [-0.2, -0.15) is 0 Å². The first-order chi connectivity index (χ1) is 15.5. The topological polar surface area (TPSA) is 103 Å². The highest BCUT2D eigenvalue weighted by Gasteiger charge is 2.49. The van der Waals surface area contributed by atoms with E-state index in [0.29, 0.717) is 31.2 Å². The maximum absolute atomic E-state index is 14.4. The number of nitrogens with zero attached hydrogens (tertiary/aromatic N) is 3. The predicted octanol–water partition coefficient (Wildman–Crippen LogP) is 2.04. The highest BCUT2D eigenvalue weighted by Crippen LogP contribution is 2.42. The summed E-state index contributed by atoms with van der Waals surface area (Å²) in [5.74, 6) is 1.16. The van der Waals surface area contributed by atoms with Gasteiger partial charge in [0.15, 0.2) is 11.6 Å². The van der Waals surface area contributed by atoms with Crippen molar-refractivity contribution < 1.29 is 23.9 Å². The minimum atomic E-state index is -0.293. The Labute approximate surface area is 187 Å². The predicted molar refractivity (Wildman–Crippen MR) is 115 cm³/mol. The van der Waals surface area contributed by atoms with Crippen LogP contribution in [0.3, 0.4) is 0 Å². The number of carbonyl (C=O) groups is 3. The monoisotopic (exact) mass is 446 g/mol. The lowest BCUT2D eigenvalue weighted by atomic mass is 9.72. The second-order valence-electron chi connectivity index (χ2n) is 9.28. The van der Waals surface area contributed by atoms with Crippen LogP contribution in [0, 0.1) is 23.6 Å². The van der Waals surface area contributed by atoms with Crippen LogP contribution in [0.1, 0.15) is 44.9 Å². The van der Waals surface area contributed by atoms with E-state index in [9.17, 15) is 14.0 Å². The van der Waals surface area contributed by atoms with E-state index in [1.54, 1.807) is 12.3 Å². The molecule has 0 spiro atoms. The number of hydrogen-bond acceptors (Lipinski definition) is 5. The summed E-state index contributed by atoms with van der Waals surface area (Å²) < 4.78 is 14.4. The lowest BCUT2D eigenvalue weighted by Crippen LogP contribution is -2.67. The van der Waals surface area contributed by atoms with Crippen LogP contribution in [0.4, 0.5) is 10.2 Å². The van der Waals surface area contributed by atoms with E-state index in [0.717, 1.165) is 45.1 Å². The largest absolute Gasteiger partial charge is 0.483 e. The van der Waals surface area contributed by atoms with E-state index in [2.05, 4.69) is 20.1 Å². The van der Waals surface area contributed by atoms with Gasteiger partial charge in [-0.1, -0.05) is 6.42 Å². The normalized spacial score (nSPS) is 29.2. The summed E-state index contributed by atoms with van der Waals surface area (Å²) in [5, 5.41) is 10.0. The number of aromatic nitrogens is 1. The molecular formula is C23H31FN4O4. The fourth-order valence-electron chi connectivity index (χ4n) is 5.84. The SMILES string of the molecule is O=C(NC[C@H]1[C@H]2C[C@H](CN(c3ncccc3F)C2)[C@@H]2CCCC(=O)N21)C1CCC1.O=CO. The molecule has 8 nitrogen and oxygen atoms in total. The fraction of sp³-hybridized carbons (Fsp3) is 0.652. The van der Waals surface area contributed by atoms with Crippen molar-refractivity contribution in [3.05, 3.63) is 24.1 Å². The van der Waals surface area contributed by atoms with Gasteiger partial charge in [0.25, 0.3) is 6.47 Å². The summed E-state index contributed by atoms with van der Waals surface area (Å²) >= 11 is 0. The van der Waals surface area contributed by atoms with Crippen molar-refractivity contribution in [3.8, 4) is 0 Å². The molecule has 2 bridgehead atoms. The van der Waals surface area contributed by atoms with Gasteiger partial charge < -0.3 is 20.2 Å². The number of anilines is 1. The Morgan fingerprint density at radius 2 is 2.00 bits per heavy atom. The third-order valence-electron chi connectivity index (χ3n) is 7.50. The zero-order chi connectivity index (χ0) is 22.7. The number of carbonyl (C=O) groups excluding carboxylic acids is 2. The quantitative estimate of drug-likeness (QED) is 0.687. The van der Waals surface area contributed by atoms with Crippen molar-refractivity contribution in [2.24, 2.45) is 17.8 Å². The molecule has 2 N–H and O–H groups in total. The molecule has 1 aromatic heterocycles. The third kappa shape index (κ3) is 4.42. The van der Waals surface area contributed by atoms with Crippen LogP contribution in [-0.2, 0) is 14.4 Å². The molecule has 4 aliphatic rings. The van der Waals surface area contributed by atoms with Gasteiger partial charge in [-0.15, -0.1) is 0 Å². The number of pyridine rings is 1. The van der Waals surface area contributed by atoms with E-state index < -0.39 is 0 Å². The number of piperidine rings is 3. The number of rotatable bonds is 4. The van der Waals surface area contributed by atoms with Crippen LogP contribution in [0.15, 0.2) is 18.3 Å². The number of halogens is 1. The molecule has 1 saturated carbocycles. The second-order valence-corrected chi connectivity index (χ2v) is 9.28. The maximum atomic E-state index is 14.4. The Bertz CT molecular complexity index is 849. The molecule has 174 valence electrons. The number of amides is 2. The standard InChI is InChI=1S/C22H29FN4O2.CH2O2/c23-17-6-3-9-24-21(17)26-12-15-10-16(13-26)19(11-25-22(29)14-4-1-5-14)27-18(15)7-2-8-20(27)28;2-1-3/h3,6,9,14-16,18-19H,1-2,4-5,7-8,10-13H2,(H,25,29);1H,(H,2,3)/t15-,16+,18+,19+;/m1./s1. The first-order valence-corrected chi connectivity index (χ1v) is 11.6. The molecule has 3 aliphatic heterocycles. The minimum absolute atomic E-state index is 0.0114. The average molecular weight is 447 g/mol. The summed E-state index contributed by atoms with van der Waals surface area (Å²) in [6.45, 7) is 1.67. The Morgan fingerprint density at radius 1 is 1.25 bits per heavy atom. The van der Waals surface area contributed by atoms with Crippen molar-refractivity contribution in [3.63, 3.8) is 0 Å². The average Bonchev–Trinajstić information content (AvgIpc) is 2.73. The van der Waals surface area contributed by atoms with Crippen LogP contribution < -0.4 is 10.2 Å². The molecule has 32 heavy (non-hydrogen) atoms. The molecule has 1 aliphatic carbocycles. The van der Waals surface area contributed by atoms with E-state index in [1.165, 1.54) is 6.07 Å². The smallest absolute Gasteiger partial charge is 0.290 e. The molecular weight excluding hydrogens is 415 g/mol. The first-order valence-electron chi connectivity index (χ1n) is 11.6. The lowest BCUT2D eigenvalue weighted by molar-refractivity contribution is -0.149. The molecule has 0 unspecified atom stereocenters. The van der Waals surface area contributed by atoms with Crippen molar-refractivity contribution >= 4 is 24.1 Å². The van der Waals surface area contributed by atoms with Gasteiger partial charge in [0, 0.05) is 44.2 Å². The number of fused-ring (bicyclic) bond motifs is 4. The number of carboxylic acid groups (broad SMARTS) is 1. The van der Waals surface area contributed by atoms with Crippen molar-refractivity contribution in [2.75, 3.05) is 24.5 Å². The summed E-state index contributed by atoms with van der Waals surface area (Å²) in [7, 11) is 0. The molecule has 1 aromatic rings. The van der Waals surface area contributed by atoms with Gasteiger partial charge in [0.2, 0.25) is 11.8 Å². The fourth-order valence-corrected chi connectivity index (χ4v) is 5.84. The van der Waals surface area contributed by atoms with Gasteiger partial charge in [0.05, 0.1) is 6.04 Å². The van der Waals surface area contributed by atoms with Gasteiger partial charge in [-0.25, -0.2) is 9.37 Å². The summed E-state index contributed by atoms with van der Waals surface area (Å²) in [6.07, 6.45) is 8.25. The molecule has 3 saturated heterocycles. The van der Waals surface area contributed by atoms with Crippen molar-refractivity contribution in [2.45, 2.75) is 57.0 Å². The molecule has 9 heteroatoms. The number of hydrogen-bond donors (Lipinski definition) is 2. The minimum Gasteiger partial charge on any atom is -0.483 e. The summed E-state index contributed by atoms with van der Waals surface area (Å²) in [5.41, 5.74) is 0. The highest BCUT2D eigenvalue weighted by atomic mass is 19.1.